The minimum absolute atomic E-state index is 0.220. The number of rotatable bonds is 4. The molecule has 0 aromatic carbocycles. The van der Waals surface area contributed by atoms with Crippen LogP contribution in [0.2, 0.25) is 0 Å². The standard InChI is InChI=1S/C13H19N7O/c1-2-20-18-13(17-19-20)15-12(21)10-8-14-16-11(10)9-6-4-3-5-7-9/h8-9H,2-7H2,1H3,(H,14,16)(H,15,18,21). The van der Waals surface area contributed by atoms with Crippen molar-refractivity contribution in [3.8, 4) is 0 Å². The van der Waals surface area contributed by atoms with Crippen LogP contribution < -0.4 is 5.32 Å². The molecule has 3 rings (SSSR count). The highest BCUT2D eigenvalue weighted by molar-refractivity contribution is 6.04. The molecule has 0 saturated heterocycles. The lowest BCUT2D eigenvalue weighted by molar-refractivity contribution is 0.102. The fraction of sp³-hybridized carbons (Fsp3) is 0.615. The maximum atomic E-state index is 12.3. The van der Waals surface area contributed by atoms with E-state index >= 15 is 0 Å². The molecule has 2 aromatic rings. The second-order valence-corrected chi connectivity index (χ2v) is 5.29. The van der Waals surface area contributed by atoms with Crippen molar-refractivity contribution in [2.24, 2.45) is 0 Å². The zero-order chi connectivity index (χ0) is 14.7. The molecule has 2 heterocycles. The summed E-state index contributed by atoms with van der Waals surface area (Å²) in [5.41, 5.74) is 1.50. The Balaban J connectivity index is 1.74. The SMILES string of the molecule is CCn1nnc(NC(=O)c2cn[nH]c2C2CCCCC2)n1. The number of aromatic nitrogens is 6. The number of carbonyl (C=O) groups excluding carboxylic acids is 1. The van der Waals surface area contributed by atoms with Gasteiger partial charge >= 0.3 is 0 Å². The van der Waals surface area contributed by atoms with E-state index in [4.69, 9.17) is 0 Å². The minimum Gasteiger partial charge on any atom is -0.288 e. The Hall–Kier alpha value is -2.25. The molecule has 0 radical (unpaired) electrons. The molecule has 0 unspecified atom stereocenters. The van der Waals surface area contributed by atoms with Crippen molar-refractivity contribution in [2.75, 3.05) is 5.32 Å². The van der Waals surface area contributed by atoms with Crippen LogP contribution in [0.25, 0.3) is 0 Å². The molecule has 1 amide bonds. The number of amides is 1. The molecule has 0 bridgehead atoms. The van der Waals surface area contributed by atoms with Crippen molar-refractivity contribution in [1.82, 2.24) is 30.4 Å². The van der Waals surface area contributed by atoms with Gasteiger partial charge in [0.1, 0.15) is 0 Å². The van der Waals surface area contributed by atoms with Crippen molar-refractivity contribution < 1.29 is 4.79 Å². The zero-order valence-corrected chi connectivity index (χ0v) is 12.0. The molecule has 1 aliphatic carbocycles. The quantitative estimate of drug-likeness (QED) is 0.892. The number of anilines is 1. The second kappa shape index (κ2) is 6.02. The van der Waals surface area contributed by atoms with Crippen LogP contribution in [0.5, 0.6) is 0 Å². The number of H-pyrrole nitrogens is 1. The first-order chi connectivity index (χ1) is 10.3. The molecular weight excluding hydrogens is 270 g/mol. The molecule has 1 aliphatic rings. The highest BCUT2D eigenvalue weighted by Crippen LogP contribution is 2.33. The van der Waals surface area contributed by atoms with Crippen LogP contribution in [0.15, 0.2) is 6.20 Å². The van der Waals surface area contributed by atoms with Crippen molar-refractivity contribution in [1.29, 1.82) is 0 Å². The highest BCUT2D eigenvalue weighted by atomic mass is 16.1. The molecule has 8 nitrogen and oxygen atoms in total. The van der Waals surface area contributed by atoms with Gasteiger partial charge in [0.25, 0.3) is 11.9 Å². The largest absolute Gasteiger partial charge is 0.288 e. The lowest BCUT2D eigenvalue weighted by Gasteiger charge is -2.21. The summed E-state index contributed by atoms with van der Waals surface area (Å²) in [5, 5.41) is 21.4. The number of aromatic amines is 1. The van der Waals surface area contributed by atoms with Crippen LogP contribution in [0.4, 0.5) is 5.95 Å². The third-order valence-corrected chi connectivity index (χ3v) is 3.89. The number of carbonyl (C=O) groups is 1. The fourth-order valence-electron chi connectivity index (χ4n) is 2.78. The molecule has 1 fully saturated rings. The van der Waals surface area contributed by atoms with E-state index in [0.29, 0.717) is 18.0 Å². The number of hydrogen-bond acceptors (Lipinski definition) is 5. The smallest absolute Gasteiger partial charge is 0.270 e. The van der Waals surface area contributed by atoms with E-state index in [1.54, 1.807) is 6.20 Å². The summed E-state index contributed by atoms with van der Waals surface area (Å²) in [7, 11) is 0. The maximum Gasteiger partial charge on any atom is 0.270 e. The van der Waals surface area contributed by atoms with Crippen LogP contribution in [0.3, 0.4) is 0 Å². The summed E-state index contributed by atoms with van der Waals surface area (Å²) in [4.78, 5) is 13.8. The monoisotopic (exact) mass is 289 g/mol. The first-order valence-electron chi connectivity index (χ1n) is 7.40. The van der Waals surface area contributed by atoms with Gasteiger partial charge in [-0.15, -0.1) is 5.10 Å². The van der Waals surface area contributed by atoms with Crippen LogP contribution >= 0.6 is 0 Å². The minimum atomic E-state index is -0.236. The Bertz CT molecular complexity index is 612. The lowest BCUT2D eigenvalue weighted by atomic mass is 9.85. The highest BCUT2D eigenvalue weighted by Gasteiger charge is 2.24. The average Bonchev–Trinajstić information content (AvgIpc) is 3.17. The molecular formula is C13H19N7O. The summed E-state index contributed by atoms with van der Waals surface area (Å²) in [5.74, 6) is 0.374. The third-order valence-electron chi connectivity index (χ3n) is 3.89. The van der Waals surface area contributed by atoms with Crippen molar-refractivity contribution >= 4 is 11.9 Å². The molecule has 0 aliphatic heterocycles. The molecule has 1 saturated carbocycles. The lowest BCUT2D eigenvalue weighted by Crippen LogP contribution is -2.17. The van der Waals surface area contributed by atoms with E-state index in [9.17, 15) is 4.79 Å². The molecule has 0 spiro atoms. The number of nitrogens with zero attached hydrogens (tertiary/aromatic N) is 5. The Labute approximate surface area is 122 Å². The van der Waals surface area contributed by atoms with Crippen molar-refractivity contribution in [3.05, 3.63) is 17.5 Å². The van der Waals surface area contributed by atoms with Crippen molar-refractivity contribution in [2.45, 2.75) is 51.5 Å². The van der Waals surface area contributed by atoms with Crippen LogP contribution in [0.1, 0.15) is 61.0 Å². The van der Waals surface area contributed by atoms with E-state index in [2.05, 4.69) is 30.9 Å². The first-order valence-corrected chi connectivity index (χ1v) is 7.40. The predicted octanol–water partition coefficient (Wildman–Crippen LogP) is 1.72. The van der Waals surface area contributed by atoms with Gasteiger partial charge in [0.15, 0.2) is 0 Å². The average molecular weight is 289 g/mol. The van der Waals surface area contributed by atoms with Crippen LogP contribution in [0, 0.1) is 0 Å². The zero-order valence-electron chi connectivity index (χ0n) is 12.0. The van der Waals surface area contributed by atoms with Crippen LogP contribution in [-0.2, 0) is 6.54 Å². The molecule has 2 N–H and O–H groups in total. The Morgan fingerprint density at radius 2 is 2.24 bits per heavy atom. The van der Waals surface area contributed by atoms with Gasteiger partial charge in [-0.2, -0.15) is 9.90 Å². The normalized spacial score (nSPS) is 16.0. The van der Waals surface area contributed by atoms with E-state index in [-0.39, 0.29) is 11.9 Å². The number of tetrazole rings is 1. The molecule has 21 heavy (non-hydrogen) atoms. The van der Waals surface area contributed by atoms with Crippen molar-refractivity contribution in [3.63, 3.8) is 0 Å². The summed E-state index contributed by atoms with van der Waals surface area (Å²) < 4.78 is 0. The van der Waals surface area contributed by atoms with Gasteiger partial charge < -0.3 is 0 Å². The molecule has 2 aromatic heterocycles. The predicted molar refractivity (Wildman–Crippen MR) is 75.9 cm³/mol. The Morgan fingerprint density at radius 1 is 1.43 bits per heavy atom. The fourth-order valence-corrected chi connectivity index (χ4v) is 2.78. The van der Waals surface area contributed by atoms with Gasteiger partial charge in [0.05, 0.1) is 24.0 Å². The Kier molecular flexibility index (Phi) is 3.94. The van der Waals surface area contributed by atoms with Crippen LogP contribution in [-0.4, -0.2) is 36.3 Å². The van der Waals surface area contributed by atoms with E-state index < -0.39 is 0 Å². The van der Waals surface area contributed by atoms with E-state index in [0.717, 1.165) is 18.5 Å². The topological polar surface area (TPSA) is 101 Å². The molecule has 8 heteroatoms. The summed E-state index contributed by atoms with van der Waals surface area (Å²) in [6, 6.07) is 0. The van der Waals surface area contributed by atoms with Gasteiger partial charge in [-0.25, -0.2) is 0 Å². The first kappa shape index (κ1) is 13.7. The number of nitrogens with one attached hydrogen (secondary N) is 2. The molecule has 112 valence electrons. The van der Waals surface area contributed by atoms with E-state index in [1.807, 2.05) is 6.92 Å². The van der Waals surface area contributed by atoms with Gasteiger partial charge in [0.2, 0.25) is 0 Å². The second-order valence-electron chi connectivity index (χ2n) is 5.29. The summed E-state index contributed by atoms with van der Waals surface area (Å²) in [6.07, 6.45) is 7.47. The molecule has 0 atom stereocenters. The Morgan fingerprint density at radius 3 is 2.95 bits per heavy atom. The van der Waals surface area contributed by atoms with E-state index in [1.165, 1.54) is 24.1 Å². The maximum absolute atomic E-state index is 12.3. The summed E-state index contributed by atoms with van der Waals surface area (Å²) >= 11 is 0. The van der Waals surface area contributed by atoms with Gasteiger partial charge in [-0.1, -0.05) is 24.4 Å². The van der Waals surface area contributed by atoms with Gasteiger partial charge in [-0.05, 0) is 25.0 Å². The third kappa shape index (κ3) is 2.93. The number of hydrogen-bond donors (Lipinski definition) is 2. The summed E-state index contributed by atoms with van der Waals surface area (Å²) in [6.45, 7) is 2.52. The van der Waals surface area contributed by atoms with Gasteiger partial charge in [0, 0.05) is 5.92 Å². The number of aryl methyl sites for hydroxylation is 1. The van der Waals surface area contributed by atoms with Gasteiger partial charge in [-0.3, -0.25) is 15.2 Å².